The molecule has 1 aromatic rings. The summed E-state index contributed by atoms with van der Waals surface area (Å²) < 4.78 is 32.2. The van der Waals surface area contributed by atoms with Gasteiger partial charge in [0.1, 0.15) is 0 Å². The molecule has 0 aliphatic heterocycles. The quantitative estimate of drug-likeness (QED) is 0.745. The van der Waals surface area contributed by atoms with Crippen molar-refractivity contribution in [3.8, 4) is 0 Å². The second-order valence-corrected chi connectivity index (χ2v) is 6.08. The Hall–Kier alpha value is -1.19. The predicted molar refractivity (Wildman–Crippen MR) is 68.6 cm³/mol. The summed E-state index contributed by atoms with van der Waals surface area (Å²) in [5, 5.41) is 1.81. The van der Waals surface area contributed by atoms with Crippen LogP contribution in [-0.4, -0.2) is 32.5 Å². The van der Waals surface area contributed by atoms with Crippen molar-refractivity contribution >= 4 is 32.6 Å². The van der Waals surface area contributed by atoms with Gasteiger partial charge in [-0.25, -0.2) is 9.71 Å². The van der Waals surface area contributed by atoms with Gasteiger partial charge in [0.2, 0.25) is 0 Å². The fourth-order valence-electron chi connectivity index (χ4n) is 1.11. The lowest BCUT2D eigenvalue weighted by Crippen LogP contribution is -2.35. The van der Waals surface area contributed by atoms with E-state index in [1.807, 2.05) is 0 Å². The lowest BCUT2D eigenvalue weighted by atomic mass is 10.3. The van der Waals surface area contributed by atoms with E-state index >= 15 is 0 Å². The maximum atomic E-state index is 11.6. The standard InChI is InChI=1S/C9H15N3O4S2/c1-6(2)11-18(14,15)12-9-10-7(5-17-9)4-8(13)16-3/h5-6,11H,4H2,1-3H3,(H,10,12). The van der Waals surface area contributed by atoms with Crippen molar-refractivity contribution in [3.05, 3.63) is 11.1 Å². The number of aromatic nitrogens is 1. The van der Waals surface area contributed by atoms with Crippen LogP contribution in [0.3, 0.4) is 0 Å². The van der Waals surface area contributed by atoms with Gasteiger partial charge >= 0.3 is 16.2 Å². The molecule has 7 nitrogen and oxygen atoms in total. The largest absolute Gasteiger partial charge is 0.469 e. The van der Waals surface area contributed by atoms with E-state index in [1.54, 1.807) is 19.2 Å². The van der Waals surface area contributed by atoms with Crippen molar-refractivity contribution in [2.45, 2.75) is 26.3 Å². The molecule has 1 heterocycles. The minimum Gasteiger partial charge on any atom is -0.469 e. The predicted octanol–water partition coefficient (Wildman–Crippen LogP) is 0.513. The topological polar surface area (TPSA) is 97.4 Å². The number of hydrogen-bond acceptors (Lipinski definition) is 6. The van der Waals surface area contributed by atoms with Gasteiger partial charge in [-0.3, -0.25) is 4.79 Å². The van der Waals surface area contributed by atoms with E-state index in [0.717, 1.165) is 11.3 Å². The van der Waals surface area contributed by atoms with E-state index in [9.17, 15) is 13.2 Å². The van der Waals surface area contributed by atoms with E-state index in [-0.39, 0.29) is 17.6 Å². The maximum Gasteiger partial charge on any atom is 0.311 e. The first-order valence-corrected chi connectivity index (χ1v) is 7.50. The van der Waals surface area contributed by atoms with Crippen LogP contribution < -0.4 is 9.44 Å². The van der Waals surface area contributed by atoms with Crippen molar-refractivity contribution in [2.75, 3.05) is 11.8 Å². The molecule has 0 atom stereocenters. The van der Waals surface area contributed by atoms with Crippen molar-refractivity contribution in [1.29, 1.82) is 0 Å². The molecule has 0 spiro atoms. The van der Waals surface area contributed by atoms with Crippen molar-refractivity contribution in [3.63, 3.8) is 0 Å². The Bertz CT molecular complexity index is 510. The van der Waals surface area contributed by atoms with Crippen LogP contribution in [0.15, 0.2) is 5.38 Å². The second-order valence-electron chi connectivity index (χ2n) is 3.77. The smallest absolute Gasteiger partial charge is 0.311 e. The summed E-state index contributed by atoms with van der Waals surface area (Å²) >= 11 is 1.11. The molecule has 1 rings (SSSR count). The van der Waals surface area contributed by atoms with Crippen LogP contribution in [0.1, 0.15) is 19.5 Å². The SMILES string of the molecule is COC(=O)Cc1csc(NS(=O)(=O)NC(C)C)n1. The third-order valence-corrected chi connectivity index (χ3v) is 3.90. The summed E-state index contributed by atoms with van der Waals surface area (Å²) in [6, 6.07) is -0.211. The number of carbonyl (C=O) groups is 1. The van der Waals surface area contributed by atoms with Crippen LogP contribution in [0, 0.1) is 0 Å². The lowest BCUT2D eigenvalue weighted by Gasteiger charge is -2.09. The molecular formula is C9H15N3O4S2. The Morgan fingerprint density at radius 1 is 1.56 bits per heavy atom. The normalized spacial score (nSPS) is 11.6. The zero-order valence-electron chi connectivity index (χ0n) is 10.3. The molecule has 0 radical (unpaired) electrons. The number of nitrogens with zero attached hydrogens (tertiary/aromatic N) is 1. The number of esters is 1. The number of methoxy groups -OCH3 is 1. The van der Waals surface area contributed by atoms with E-state index in [2.05, 4.69) is 19.2 Å². The molecule has 0 aliphatic rings. The number of thiazole rings is 1. The third kappa shape index (κ3) is 4.98. The Labute approximate surface area is 110 Å². The highest BCUT2D eigenvalue weighted by Crippen LogP contribution is 2.17. The third-order valence-electron chi connectivity index (χ3n) is 1.72. The molecule has 0 amide bonds. The van der Waals surface area contributed by atoms with Crippen molar-refractivity contribution in [2.24, 2.45) is 0 Å². The van der Waals surface area contributed by atoms with Gasteiger partial charge in [0, 0.05) is 11.4 Å². The summed E-state index contributed by atoms with van der Waals surface area (Å²) in [6.07, 6.45) is 0.0202. The van der Waals surface area contributed by atoms with E-state index < -0.39 is 16.2 Å². The number of anilines is 1. The van der Waals surface area contributed by atoms with Crippen LogP contribution in [0.25, 0.3) is 0 Å². The van der Waals surface area contributed by atoms with Gasteiger partial charge in [0.15, 0.2) is 5.13 Å². The molecule has 1 aromatic heterocycles. The molecule has 0 saturated heterocycles. The van der Waals surface area contributed by atoms with Gasteiger partial charge < -0.3 is 4.74 Å². The number of hydrogen-bond donors (Lipinski definition) is 2. The average Bonchev–Trinajstić information content (AvgIpc) is 2.62. The van der Waals surface area contributed by atoms with Crippen LogP contribution in [0.5, 0.6) is 0 Å². The summed E-state index contributed by atoms with van der Waals surface area (Å²) in [5.41, 5.74) is 0.467. The summed E-state index contributed by atoms with van der Waals surface area (Å²) in [6.45, 7) is 3.42. The zero-order valence-corrected chi connectivity index (χ0v) is 11.9. The molecule has 0 saturated carbocycles. The maximum absolute atomic E-state index is 11.6. The van der Waals surface area contributed by atoms with Crippen molar-refractivity contribution in [1.82, 2.24) is 9.71 Å². The Morgan fingerprint density at radius 3 is 2.78 bits per heavy atom. The molecule has 18 heavy (non-hydrogen) atoms. The first-order valence-electron chi connectivity index (χ1n) is 5.13. The van der Waals surface area contributed by atoms with Gasteiger partial charge in [0.05, 0.1) is 19.2 Å². The molecule has 0 aliphatic carbocycles. The number of carbonyl (C=O) groups excluding carboxylic acids is 1. The van der Waals surface area contributed by atoms with Crippen molar-refractivity contribution < 1.29 is 17.9 Å². The molecule has 0 bridgehead atoms. The Balaban J connectivity index is 2.67. The molecule has 0 aromatic carbocycles. The van der Waals surface area contributed by atoms with Gasteiger partial charge in [0.25, 0.3) is 0 Å². The van der Waals surface area contributed by atoms with Crippen LogP contribution in [0.4, 0.5) is 5.13 Å². The molecular weight excluding hydrogens is 278 g/mol. The van der Waals surface area contributed by atoms with Gasteiger partial charge in [-0.2, -0.15) is 13.1 Å². The second kappa shape index (κ2) is 6.12. The highest BCUT2D eigenvalue weighted by Gasteiger charge is 2.14. The monoisotopic (exact) mass is 293 g/mol. The molecule has 2 N–H and O–H groups in total. The fraction of sp³-hybridized carbons (Fsp3) is 0.556. The minimum atomic E-state index is -3.62. The van der Waals surface area contributed by atoms with E-state index in [0.29, 0.717) is 5.69 Å². The van der Waals surface area contributed by atoms with Crippen LogP contribution in [0.2, 0.25) is 0 Å². The van der Waals surface area contributed by atoms with Crippen LogP contribution in [-0.2, 0) is 26.2 Å². The van der Waals surface area contributed by atoms with Gasteiger partial charge in [-0.15, -0.1) is 11.3 Å². The van der Waals surface area contributed by atoms with Crippen LogP contribution >= 0.6 is 11.3 Å². The summed E-state index contributed by atoms with van der Waals surface area (Å²) in [4.78, 5) is 15.0. The Morgan fingerprint density at radius 2 is 2.22 bits per heavy atom. The number of nitrogens with one attached hydrogen (secondary N) is 2. The first-order chi connectivity index (χ1) is 8.32. The fourth-order valence-corrected chi connectivity index (χ4v) is 3.14. The van der Waals surface area contributed by atoms with Gasteiger partial charge in [-0.1, -0.05) is 0 Å². The molecule has 102 valence electrons. The highest BCUT2D eigenvalue weighted by molar-refractivity contribution is 7.91. The minimum absolute atomic E-state index is 0.0202. The first kappa shape index (κ1) is 14.9. The number of rotatable bonds is 6. The highest BCUT2D eigenvalue weighted by atomic mass is 32.2. The molecule has 0 unspecified atom stereocenters. The summed E-state index contributed by atoms with van der Waals surface area (Å²) in [5.74, 6) is -0.421. The Kier molecular flexibility index (Phi) is 5.05. The van der Waals surface area contributed by atoms with Gasteiger partial charge in [-0.05, 0) is 13.8 Å². The van der Waals surface area contributed by atoms with E-state index in [4.69, 9.17) is 0 Å². The summed E-state index contributed by atoms with van der Waals surface area (Å²) in [7, 11) is -2.34. The lowest BCUT2D eigenvalue weighted by molar-refractivity contribution is -0.139. The zero-order chi connectivity index (χ0) is 13.8. The number of ether oxygens (including phenoxy) is 1. The molecule has 9 heteroatoms. The van der Waals surface area contributed by atoms with E-state index in [1.165, 1.54) is 7.11 Å². The average molecular weight is 293 g/mol. The molecule has 0 fully saturated rings.